The molecule has 7 nitrogen and oxygen atoms in total. The Balaban J connectivity index is 2.18. The van der Waals surface area contributed by atoms with Gasteiger partial charge in [0.25, 0.3) is 5.91 Å². The number of amides is 2. The number of nitrogens with two attached hydrogens (primary N) is 1. The lowest BCUT2D eigenvalue weighted by Crippen LogP contribution is -2.46. The minimum Gasteiger partial charge on any atom is -0.508 e. The number of H-pyrrole nitrogens is 1. The van der Waals surface area contributed by atoms with Gasteiger partial charge in [-0.2, -0.15) is 0 Å². The molecule has 0 aliphatic rings. The first-order valence-corrected chi connectivity index (χ1v) is 7.51. The van der Waals surface area contributed by atoms with Crippen molar-refractivity contribution in [3.63, 3.8) is 0 Å². The quantitative estimate of drug-likeness (QED) is 0.614. The molecule has 0 aliphatic heterocycles. The number of aromatic nitrogens is 1. The highest BCUT2D eigenvalue weighted by Crippen LogP contribution is 2.12. The number of aryl methyl sites for hydroxylation is 1. The van der Waals surface area contributed by atoms with Crippen molar-refractivity contribution < 1.29 is 14.7 Å². The van der Waals surface area contributed by atoms with E-state index in [9.17, 15) is 19.5 Å². The van der Waals surface area contributed by atoms with Crippen molar-refractivity contribution in [2.75, 3.05) is 0 Å². The second-order valence-corrected chi connectivity index (χ2v) is 5.37. The van der Waals surface area contributed by atoms with Crippen LogP contribution < -0.4 is 16.6 Å². The smallest absolute Gasteiger partial charge is 0.253 e. The highest BCUT2D eigenvalue weighted by Gasteiger charge is 2.21. The molecule has 2 rings (SSSR count). The molecule has 0 fully saturated rings. The predicted molar refractivity (Wildman–Crippen MR) is 88.7 cm³/mol. The normalized spacial score (nSPS) is 11.7. The topological polar surface area (TPSA) is 125 Å². The summed E-state index contributed by atoms with van der Waals surface area (Å²) >= 11 is 0. The fourth-order valence-electron chi connectivity index (χ4n) is 2.34. The van der Waals surface area contributed by atoms with Crippen LogP contribution in [-0.2, 0) is 17.6 Å². The Morgan fingerprint density at radius 2 is 1.88 bits per heavy atom. The number of hydrogen-bond acceptors (Lipinski definition) is 4. The fraction of sp³-hybridized carbons (Fsp3) is 0.235. The first kappa shape index (κ1) is 17.3. The number of aromatic amines is 1. The van der Waals surface area contributed by atoms with Crippen LogP contribution in [-0.4, -0.2) is 27.9 Å². The Morgan fingerprint density at radius 1 is 1.21 bits per heavy atom. The van der Waals surface area contributed by atoms with Gasteiger partial charge in [-0.15, -0.1) is 0 Å². The second kappa shape index (κ2) is 7.45. The van der Waals surface area contributed by atoms with Crippen molar-refractivity contribution in [1.29, 1.82) is 0 Å². The van der Waals surface area contributed by atoms with Gasteiger partial charge in [-0.25, -0.2) is 0 Å². The molecule has 0 bridgehead atoms. The maximum absolute atomic E-state index is 12.4. The third-order valence-electron chi connectivity index (χ3n) is 3.62. The Labute approximate surface area is 138 Å². The Hall–Kier alpha value is -3.09. The van der Waals surface area contributed by atoms with Crippen LogP contribution in [0.15, 0.2) is 41.2 Å². The molecule has 24 heavy (non-hydrogen) atoms. The zero-order valence-corrected chi connectivity index (χ0v) is 13.2. The van der Waals surface area contributed by atoms with Crippen LogP contribution in [0, 0.1) is 0 Å². The van der Waals surface area contributed by atoms with E-state index in [-0.39, 0.29) is 17.7 Å². The molecule has 1 heterocycles. The summed E-state index contributed by atoms with van der Waals surface area (Å²) < 4.78 is 0. The van der Waals surface area contributed by atoms with Gasteiger partial charge in [0.2, 0.25) is 11.5 Å². The van der Waals surface area contributed by atoms with Gasteiger partial charge < -0.3 is 21.1 Å². The Morgan fingerprint density at radius 3 is 2.46 bits per heavy atom. The summed E-state index contributed by atoms with van der Waals surface area (Å²) in [7, 11) is 0. The van der Waals surface area contributed by atoms with E-state index in [2.05, 4.69) is 10.3 Å². The lowest BCUT2D eigenvalue weighted by Gasteiger charge is -2.16. The van der Waals surface area contributed by atoms with Gasteiger partial charge in [-0.3, -0.25) is 14.4 Å². The third-order valence-corrected chi connectivity index (χ3v) is 3.62. The lowest BCUT2D eigenvalue weighted by atomic mass is 10.0. The van der Waals surface area contributed by atoms with Crippen LogP contribution in [0.1, 0.15) is 28.5 Å². The molecule has 0 spiro atoms. The molecule has 126 valence electrons. The number of aromatic hydroxyl groups is 1. The second-order valence-electron chi connectivity index (χ2n) is 5.37. The number of benzene rings is 1. The lowest BCUT2D eigenvalue weighted by molar-refractivity contribution is -0.119. The molecule has 0 radical (unpaired) electrons. The monoisotopic (exact) mass is 329 g/mol. The predicted octanol–water partition coefficient (Wildman–Crippen LogP) is 0.469. The zero-order valence-electron chi connectivity index (χ0n) is 13.2. The van der Waals surface area contributed by atoms with Gasteiger partial charge in [0.15, 0.2) is 0 Å². The number of carbonyl (C=O) groups excluding carboxylic acids is 2. The number of pyridine rings is 1. The van der Waals surface area contributed by atoms with Gasteiger partial charge in [-0.05, 0) is 30.2 Å². The standard InChI is InChI=1S/C17H19N3O4/c1-2-13-12(7-8-15(22)19-13)17(24)20-14(16(18)23)9-10-3-5-11(21)6-4-10/h3-8,14,21H,2,9H2,1H3,(H2,18,23)(H,19,22)(H,20,24)/t14-/m0/s1. The van der Waals surface area contributed by atoms with E-state index in [1.165, 1.54) is 24.3 Å². The molecule has 0 aliphatic carbocycles. The van der Waals surface area contributed by atoms with Crippen LogP contribution >= 0.6 is 0 Å². The molecule has 2 aromatic rings. The molecular weight excluding hydrogens is 310 g/mol. The number of phenolic OH excluding ortho intramolecular Hbond substituents is 1. The molecule has 0 unspecified atom stereocenters. The summed E-state index contributed by atoms with van der Waals surface area (Å²) in [6, 6.07) is 8.06. The Bertz CT molecular complexity index is 796. The number of carbonyl (C=O) groups is 2. The van der Waals surface area contributed by atoms with Crippen molar-refractivity contribution in [2.24, 2.45) is 5.73 Å². The van der Waals surface area contributed by atoms with E-state index in [0.29, 0.717) is 17.7 Å². The van der Waals surface area contributed by atoms with Crippen molar-refractivity contribution in [3.05, 3.63) is 63.6 Å². The number of nitrogens with one attached hydrogen (secondary N) is 2. The molecule has 1 aromatic heterocycles. The highest BCUT2D eigenvalue weighted by atomic mass is 16.3. The summed E-state index contributed by atoms with van der Waals surface area (Å²) in [5, 5.41) is 11.9. The van der Waals surface area contributed by atoms with Crippen LogP contribution in [0.4, 0.5) is 0 Å². The molecule has 2 amide bonds. The highest BCUT2D eigenvalue weighted by molar-refractivity contribution is 5.98. The summed E-state index contributed by atoms with van der Waals surface area (Å²) in [5.74, 6) is -1.04. The number of hydrogen-bond donors (Lipinski definition) is 4. The third kappa shape index (κ3) is 4.22. The van der Waals surface area contributed by atoms with E-state index in [1.54, 1.807) is 12.1 Å². The Kier molecular flexibility index (Phi) is 5.36. The largest absolute Gasteiger partial charge is 0.508 e. The summed E-state index contributed by atoms with van der Waals surface area (Å²) in [5.41, 5.74) is 6.62. The van der Waals surface area contributed by atoms with Gasteiger partial charge in [0.1, 0.15) is 11.8 Å². The van der Waals surface area contributed by atoms with Gasteiger partial charge in [0.05, 0.1) is 5.56 Å². The van der Waals surface area contributed by atoms with Crippen molar-refractivity contribution in [2.45, 2.75) is 25.8 Å². The van der Waals surface area contributed by atoms with Crippen LogP contribution in [0.25, 0.3) is 0 Å². The van der Waals surface area contributed by atoms with E-state index >= 15 is 0 Å². The number of phenols is 1. The first-order chi connectivity index (χ1) is 11.4. The first-order valence-electron chi connectivity index (χ1n) is 7.51. The zero-order chi connectivity index (χ0) is 17.7. The van der Waals surface area contributed by atoms with Crippen molar-refractivity contribution in [3.8, 4) is 5.75 Å². The maximum atomic E-state index is 12.4. The average molecular weight is 329 g/mol. The van der Waals surface area contributed by atoms with E-state index < -0.39 is 17.9 Å². The van der Waals surface area contributed by atoms with Crippen LogP contribution in [0.5, 0.6) is 5.75 Å². The number of primary amides is 1. The fourth-order valence-corrected chi connectivity index (χ4v) is 2.34. The van der Waals surface area contributed by atoms with Crippen molar-refractivity contribution in [1.82, 2.24) is 10.3 Å². The average Bonchev–Trinajstić information content (AvgIpc) is 2.55. The van der Waals surface area contributed by atoms with E-state index in [1.807, 2.05) is 6.92 Å². The molecule has 7 heteroatoms. The molecule has 1 aromatic carbocycles. The van der Waals surface area contributed by atoms with Crippen LogP contribution in [0.2, 0.25) is 0 Å². The summed E-state index contributed by atoms with van der Waals surface area (Å²) in [6.45, 7) is 1.81. The van der Waals surface area contributed by atoms with Gasteiger partial charge in [0, 0.05) is 18.2 Å². The van der Waals surface area contributed by atoms with Gasteiger partial charge >= 0.3 is 0 Å². The summed E-state index contributed by atoms with van der Waals surface area (Å²) in [6.07, 6.45) is 0.671. The molecule has 1 atom stereocenters. The SMILES string of the molecule is CCc1[nH]c(=O)ccc1C(=O)N[C@@H](Cc1ccc(O)cc1)C(N)=O. The maximum Gasteiger partial charge on any atom is 0.253 e. The van der Waals surface area contributed by atoms with Crippen LogP contribution in [0.3, 0.4) is 0 Å². The number of rotatable bonds is 6. The van der Waals surface area contributed by atoms with Crippen molar-refractivity contribution >= 4 is 11.8 Å². The van der Waals surface area contributed by atoms with Gasteiger partial charge in [-0.1, -0.05) is 19.1 Å². The molecule has 0 saturated carbocycles. The molecule has 0 saturated heterocycles. The summed E-state index contributed by atoms with van der Waals surface area (Å²) in [4.78, 5) is 38.0. The minimum absolute atomic E-state index is 0.110. The van der Waals surface area contributed by atoms with E-state index in [4.69, 9.17) is 5.73 Å². The minimum atomic E-state index is -0.904. The van der Waals surface area contributed by atoms with E-state index in [0.717, 1.165) is 5.56 Å². The molecular formula is C17H19N3O4. The molecule has 5 N–H and O–H groups in total.